The van der Waals surface area contributed by atoms with Crippen molar-refractivity contribution in [3.05, 3.63) is 29.8 Å². The van der Waals surface area contributed by atoms with Gasteiger partial charge in [-0.1, -0.05) is 18.9 Å². The molecule has 0 bridgehead atoms. The summed E-state index contributed by atoms with van der Waals surface area (Å²) >= 11 is 0. The molecule has 1 atom stereocenters. The Hall–Kier alpha value is -2.37. The average molecular weight is 338 g/mol. The summed E-state index contributed by atoms with van der Waals surface area (Å²) in [5.74, 6) is 0.506. The summed E-state index contributed by atoms with van der Waals surface area (Å²) < 4.78 is 26.1. The summed E-state index contributed by atoms with van der Waals surface area (Å²) in [6.07, 6.45) is 4.95. The number of aliphatic carboxylic acids is 1. The van der Waals surface area contributed by atoms with Crippen LogP contribution in [0.3, 0.4) is 0 Å². The second kappa shape index (κ2) is 8.31. The van der Waals surface area contributed by atoms with Crippen LogP contribution in [0.5, 0.6) is 0 Å². The molecule has 0 saturated carbocycles. The number of carbonyl (C=O) groups is 2. The van der Waals surface area contributed by atoms with Gasteiger partial charge < -0.3 is 10.4 Å². The standard InChI is InChI=1S/C15H18N2O5S/c1-3-7-17-23(21,22)13-6-4-5-12(9-13)15(20)16-10-11(2)8-14(18)19/h1,4-6,9,11,17H,7-8,10H2,2H3,(H,16,20)(H,18,19). The van der Waals surface area contributed by atoms with Gasteiger partial charge in [-0.05, 0) is 24.1 Å². The summed E-state index contributed by atoms with van der Waals surface area (Å²) in [6, 6.07) is 5.50. The van der Waals surface area contributed by atoms with E-state index < -0.39 is 21.9 Å². The molecule has 0 aliphatic heterocycles. The van der Waals surface area contributed by atoms with Crippen LogP contribution in [0, 0.1) is 18.3 Å². The molecule has 0 saturated heterocycles. The van der Waals surface area contributed by atoms with Crippen molar-refractivity contribution in [1.82, 2.24) is 10.0 Å². The van der Waals surface area contributed by atoms with E-state index in [-0.39, 0.29) is 35.9 Å². The summed E-state index contributed by atoms with van der Waals surface area (Å²) in [5.41, 5.74) is 0.163. The first kappa shape index (κ1) is 18.7. The SMILES string of the molecule is C#CCNS(=O)(=O)c1cccc(C(=O)NCC(C)CC(=O)O)c1. The van der Waals surface area contributed by atoms with Gasteiger partial charge in [0.15, 0.2) is 0 Å². The molecule has 0 aromatic heterocycles. The summed E-state index contributed by atoms with van der Waals surface area (Å²) in [5, 5.41) is 11.2. The molecular weight excluding hydrogens is 320 g/mol. The molecule has 0 radical (unpaired) electrons. The molecule has 23 heavy (non-hydrogen) atoms. The van der Waals surface area contributed by atoms with Gasteiger partial charge in [0.2, 0.25) is 10.0 Å². The number of terminal acetylenes is 1. The maximum atomic E-state index is 12.0. The number of rotatable bonds is 8. The third-order valence-corrected chi connectivity index (χ3v) is 4.30. The van der Waals surface area contributed by atoms with E-state index in [1.54, 1.807) is 6.92 Å². The second-order valence-electron chi connectivity index (χ2n) is 4.97. The first-order chi connectivity index (χ1) is 10.8. The monoisotopic (exact) mass is 338 g/mol. The van der Waals surface area contributed by atoms with Crippen molar-refractivity contribution in [2.45, 2.75) is 18.2 Å². The lowest BCUT2D eigenvalue weighted by Gasteiger charge is -2.11. The Labute approximate surface area is 135 Å². The number of sulfonamides is 1. The molecule has 1 amide bonds. The van der Waals surface area contributed by atoms with Gasteiger partial charge in [-0.2, -0.15) is 4.72 Å². The molecule has 0 aliphatic carbocycles. The van der Waals surface area contributed by atoms with Gasteiger partial charge in [-0.3, -0.25) is 9.59 Å². The molecule has 3 N–H and O–H groups in total. The highest BCUT2D eigenvalue weighted by molar-refractivity contribution is 7.89. The van der Waals surface area contributed by atoms with E-state index in [9.17, 15) is 18.0 Å². The molecule has 0 spiro atoms. The van der Waals surface area contributed by atoms with Gasteiger partial charge in [0, 0.05) is 18.5 Å². The first-order valence-corrected chi connectivity index (χ1v) is 8.27. The van der Waals surface area contributed by atoms with Crippen LogP contribution in [0.4, 0.5) is 0 Å². The number of carboxylic acid groups (broad SMARTS) is 1. The zero-order valence-corrected chi connectivity index (χ0v) is 13.4. The third kappa shape index (κ3) is 6.10. The molecule has 0 fully saturated rings. The van der Waals surface area contributed by atoms with Crippen LogP contribution in [0.2, 0.25) is 0 Å². The van der Waals surface area contributed by atoms with Crippen LogP contribution < -0.4 is 10.0 Å². The Balaban J connectivity index is 2.78. The molecule has 0 heterocycles. The Morgan fingerprint density at radius 2 is 2.09 bits per heavy atom. The van der Waals surface area contributed by atoms with Crippen LogP contribution in [-0.4, -0.2) is 38.5 Å². The minimum absolute atomic E-state index is 0.0648. The van der Waals surface area contributed by atoms with Crippen molar-refractivity contribution in [3.8, 4) is 12.3 Å². The lowest BCUT2D eigenvalue weighted by Crippen LogP contribution is -2.29. The van der Waals surface area contributed by atoms with Crippen molar-refractivity contribution >= 4 is 21.9 Å². The third-order valence-electron chi connectivity index (χ3n) is 2.90. The number of carboxylic acids is 1. The summed E-state index contributed by atoms with van der Waals surface area (Å²) in [6.45, 7) is 1.72. The topological polar surface area (TPSA) is 113 Å². The molecule has 1 aromatic carbocycles. The normalized spacial score (nSPS) is 12.2. The van der Waals surface area contributed by atoms with E-state index in [1.807, 2.05) is 0 Å². The number of carbonyl (C=O) groups excluding carboxylic acids is 1. The lowest BCUT2D eigenvalue weighted by molar-refractivity contribution is -0.137. The zero-order valence-electron chi connectivity index (χ0n) is 12.6. The fourth-order valence-corrected chi connectivity index (χ4v) is 2.74. The summed E-state index contributed by atoms with van der Waals surface area (Å²) in [4.78, 5) is 22.5. The largest absolute Gasteiger partial charge is 0.481 e. The van der Waals surface area contributed by atoms with Gasteiger partial charge in [-0.15, -0.1) is 6.42 Å². The summed E-state index contributed by atoms with van der Waals surface area (Å²) in [7, 11) is -3.78. The van der Waals surface area contributed by atoms with Gasteiger partial charge in [-0.25, -0.2) is 8.42 Å². The molecule has 0 aliphatic rings. The van der Waals surface area contributed by atoms with Crippen molar-refractivity contribution < 1.29 is 23.1 Å². The second-order valence-corrected chi connectivity index (χ2v) is 6.74. The van der Waals surface area contributed by atoms with E-state index in [1.165, 1.54) is 24.3 Å². The molecule has 124 valence electrons. The molecular formula is C15H18N2O5S. The first-order valence-electron chi connectivity index (χ1n) is 6.79. The highest BCUT2D eigenvalue weighted by Gasteiger charge is 2.16. The minimum Gasteiger partial charge on any atom is -0.481 e. The fourth-order valence-electron chi connectivity index (χ4n) is 1.76. The Kier molecular flexibility index (Phi) is 6.75. The Bertz CT molecular complexity index is 722. The van der Waals surface area contributed by atoms with Gasteiger partial charge in [0.25, 0.3) is 5.91 Å². The number of hydrogen-bond acceptors (Lipinski definition) is 4. The van der Waals surface area contributed by atoms with E-state index in [2.05, 4.69) is 16.0 Å². The van der Waals surface area contributed by atoms with Gasteiger partial charge >= 0.3 is 5.97 Å². The van der Waals surface area contributed by atoms with E-state index in [0.717, 1.165) is 0 Å². The number of benzene rings is 1. The predicted molar refractivity (Wildman–Crippen MR) is 84.2 cm³/mol. The van der Waals surface area contributed by atoms with Crippen molar-refractivity contribution in [3.63, 3.8) is 0 Å². The molecule has 1 aromatic rings. The van der Waals surface area contributed by atoms with Crippen LogP contribution >= 0.6 is 0 Å². The van der Waals surface area contributed by atoms with Crippen molar-refractivity contribution in [1.29, 1.82) is 0 Å². The lowest BCUT2D eigenvalue weighted by atomic mass is 10.1. The van der Waals surface area contributed by atoms with Crippen LogP contribution in [0.25, 0.3) is 0 Å². The molecule has 1 rings (SSSR count). The maximum Gasteiger partial charge on any atom is 0.303 e. The van der Waals surface area contributed by atoms with Gasteiger partial charge in [0.1, 0.15) is 0 Å². The Morgan fingerprint density at radius 3 is 2.70 bits per heavy atom. The smallest absolute Gasteiger partial charge is 0.303 e. The minimum atomic E-state index is -3.78. The molecule has 7 nitrogen and oxygen atoms in total. The van der Waals surface area contributed by atoms with E-state index in [4.69, 9.17) is 11.5 Å². The quantitative estimate of drug-likeness (QED) is 0.595. The van der Waals surface area contributed by atoms with Crippen LogP contribution in [0.15, 0.2) is 29.2 Å². The van der Waals surface area contributed by atoms with Crippen LogP contribution in [0.1, 0.15) is 23.7 Å². The van der Waals surface area contributed by atoms with E-state index >= 15 is 0 Å². The molecule has 1 unspecified atom stereocenters. The average Bonchev–Trinajstić information content (AvgIpc) is 2.50. The zero-order chi connectivity index (χ0) is 17.5. The van der Waals surface area contributed by atoms with Crippen molar-refractivity contribution in [2.75, 3.05) is 13.1 Å². The highest BCUT2D eigenvalue weighted by Crippen LogP contribution is 2.11. The van der Waals surface area contributed by atoms with Crippen molar-refractivity contribution in [2.24, 2.45) is 5.92 Å². The fraction of sp³-hybridized carbons (Fsp3) is 0.333. The maximum absolute atomic E-state index is 12.0. The Morgan fingerprint density at radius 1 is 1.39 bits per heavy atom. The highest BCUT2D eigenvalue weighted by atomic mass is 32.2. The van der Waals surface area contributed by atoms with E-state index in [0.29, 0.717) is 0 Å². The number of hydrogen-bond donors (Lipinski definition) is 3. The van der Waals surface area contributed by atoms with Gasteiger partial charge in [0.05, 0.1) is 11.4 Å². The predicted octanol–water partition coefficient (Wildman–Crippen LogP) is 0.439. The van der Waals surface area contributed by atoms with Crippen LogP contribution in [-0.2, 0) is 14.8 Å². The number of amides is 1. The molecule has 8 heteroatoms. The number of nitrogens with one attached hydrogen (secondary N) is 2.